The Bertz CT molecular complexity index is 876. The topological polar surface area (TPSA) is 38.8 Å². The van der Waals surface area contributed by atoms with Crippen molar-refractivity contribution in [2.75, 3.05) is 20.2 Å². The molecule has 0 spiro atoms. The molecule has 4 nitrogen and oxygen atoms in total. The molecule has 168 valence electrons. The molecule has 0 N–H and O–H groups in total. The molecular weight excluding hydrogens is 410 g/mol. The molecule has 2 aromatic rings. The van der Waals surface area contributed by atoms with E-state index in [1.54, 1.807) is 7.11 Å². The van der Waals surface area contributed by atoms with Gasteiger partial charge in [0.25, 0.3) is 0 Å². The minimum Gasteiger partial charge on any atom is -0.493 e. The largest absolute Gasteiger partial charge is 0.493 e. The van der Waals surface area contributed by atoms with Crippen molar-refractivity contribution in [3.8, 4) is 11.5 Å². The van der Waals surface area contributed by atoms with Gasteiger partial charge < -0.3 is 9.47 Å². The first-order chi connectivity index (χ1) is 14.5. The van der Waals surface area contributed by atoms with Crippen molar-refractivity contribution >= 4 is 18.2 Å². The molecule has 0 radical (unpaired) electrons. The summed E-state index contributed by atoms with van der Waals surface area (Å²) in [6.07, 6.45) is 4.23. The summed E-state index contributed by atoms with van der Waals surface area (Å²) in [7, 11) is 1.66. The molecule has 1 heterocycles. The molecular formula is C26H34ClNO3. The van der Waals surface area contributed by atoms with E-state index >= 15 is 0 Å². The highest BCUT2D eigenvalue weighted by Crippen LogP contribution is 2.40. The third-order valence-corrected chi connectivity index (χ3v) is 6.43. The van der Waals surface area contributed by atoms with Crippen LogP contribution in [0.25, 0.3) is 0 Å². The van der Waals surface area contributed by atoms with Gasteiger partial charge in [-0.3, -0.25) is 9.69 Å². The Hall–Kier alpha value is -2.04. The van der Waals surface area contributed by atoms with Crippen LogP contribution in [0.15, 0.2) is 42.5 Å². The van der Waals surface area contributed by atoms with Gasteiger partial charge in [0.15, 0.2) is 17.3 Å². The zero-order valence-corrected chi connectivity index (χ0v) is 19.6. The average molecular weight is 444 g/mol. The standard InChI is InChI=1S/C26H33NO3.ClH/c1-18(2)30-25-16-23-21(15-24(25)29-3)14-22(26(23)28)13-19-9-11-27(12-10-19)17-20-7-5-4-6-8-20;/h4-8,15-16,18-19,22H,9-14,17H2,1-3H3;1H. The Morgan fingerprint density at radius 1 is 1.06 bits per heavy atom. The Morgan fingerprint density at radius 2 is 1.77 bits per heavy atom. The number of carbonyl (C=O) groups excluding carboxylic acids is 1. The second kappa shape index (κ2) is 10.5. The van der Waals surface area contributed by atoms with Crippen LogP contribution in [0.5, 0.6) is 11.5 Å². The lowest BCUT2D eigenvalue weighted by Gasteiger charge is -2.32. The quantitative estimate of drug-likeness (QED) is 0.561. The highest BCUT2D eigenvalue weighted by Gasteiger charge is 2.34. The summed E-state index contributed by atoms with van der Waals surface area (Å²) in [6, 6.07) is 14.6. The van der Waals surface area contributed by atoms with Crippen LogP contribution in [-0.4, -0.2) is 37.0 Å². The normalized spacial score (nSPS) is 19.2. The van der Waals surface area contributed by atoms with E-state index < -0.39 is 0 Å². The van der Waals surface area contributed by atoms with E-state index in [2.05, 4.69) is 35.2 Å². The third kappa shape index (κ3) is 5.61. The third-order valence-electron chi connectivity index (χ3n) is 6.43. The molecule has 1 aliphatic heterocycles. The molecule has 2 aromatic carbocycles. The maximum atomic E-state index is 13.1. The van der Waals surface area contributed by atoms with Crippen molar-refractivity contribution in [1.82, 2.24) is 4.90 Å². The van der Waals surface area contributed by atoms with Crippen molar-refractivity contribution in [3.63, 3.8) is 0 Å². The van der Waals surface area contributed by atoms with Crippen LogP contribution in [-0.2, 0) is 13.0 Å². The van der Waals surface area contributed by atoms with E-state index in [9.17, 15) is 4.79 Å². The molecule has 1 unspecified atom stereocenters. The number of methoxy groups -OCH3 is 1. The van der Waals surface area contributed by atoms with Crippen molar-refractivity contribution in [2.45, 2.75) is 52.2 Å². The molecule has 0 saturated carbocycles. The second-order valence-electron chi connectivity index (χ2n) is 9.03. The number of nitrogens with zero attached hydrogens (tertiary/aromatic N) is 1. The van der Waals surface area contributed by atoms with Gasteiger partial charge in [0.1, 0.15) is 0 Å². The molecule has 2 aliphatic rings. The molecule has 1 atom stereocenters. The predicted octanol–water partition coefficient (Wildman–Crippen LogP) is 5.56. The fourth-order valence-corrected chi connectivity index (χ4v) is 4.90. The zero-order chi connectivity index (χ0) is 21.1. The summed E-state index contributed by atoms with van der Waals surface area (Å²) in [6.45, 7) is 7.24. The fourth-order valence-electron chi connectivity index (χ4n) is 4.90. The van der Waals surface area contributed by atoms with Crippen LogP contribution in [0.4, 0.5) is 0 Å². The minimum atomic E-state index is 0. The van der Waals surface area contributed by atoms with E-state index in [0.717, 1.165) is 49.4 Å². The first-order valence-electron chi connectivity index (χ1n) is 11.2. The molecule has 0 aromatic heterocycles. The van der Waals surface area contributed by atoms with Gasteiger partial charge in [-0.15, -0.1) is 12.4 Å². The van der Waals surface area contributed by atoms with E-state index in [0.29, 0.717) is 11.7 Å². The first kappa shape index (κ1) is 23.6. The van der Waals surface area contributed by atoms with Gasteiger partial charge in [-0.1, -0.05) is 30.3 Å². The Kier molecular flexibility index (Phi) is 8.01. The summed E-state index contributed by atoms with van der Waals surface area (Å²) in [5.74, 6) is 2.42. The maximum Gasteiger partial charge on any atom is 0.166 e. The summed E-state index contributed by atoms with van der Waals surface area (Å²) < 4.78 is 11.4. The van der Waals surface area contributed by atoms with Crippen LogP contribution in [0, 0.1) is 11.8 Å². The monoisotopic (exact) mass is 443 g/mol. The summed E-state index contributed by atoms with van der Waals surface area (Å²) in [5, 5.41) is 0. The van der Waals surface area contributed by atoms with E-state index in [1.807, 2.05) is 26.0 Å². The molecule has 0 bridgehead atoms. The van der Waals surface area contributed by atoms with Gasteiger partial charge in [-0.25, -0.2) is 0 Å². The van der Waals surface area contributed by atoms with Crippen LogP contribution in [0.3, 0.4) is 0 Å². The van der Waals surface area contributed by atoms with Crippen molar-refractivity contribution in [1.29, 1.82) is 0 Å². The maximum absolute atomic E-state index is 13.1. The molecule has 5 heteroatoms. The average Bonchev–Trinajstić information content (AvgIpc) is 3.04. The number of likely N-dealkylation sites (tertiary alicyclic amines) is 1. The smallest absolute Gasteiger partial charge is 0.166 e. The Labute approximate surface area is 192 Å². The van der Waals surface area contributed by atoms with E-state index in [1.165, 1.54) is 18.4 Å². The van der Waals surface area contributed by atoms with Crippen molar-refractivity contribution in [3.05, 3.63) is 59.2 Å². The molecule has 0 amide bonds. The molecule has 1 saturated heterocycles. The number of hydrogen-bond donors (Lipinski definition) is 0. The van der Waals surface area contributed by atoms with Crippen LogP contribution in [0.2, 0.25) is 0 Å². The highest BCUT2D eigenvalue weighted by atomic mass is 35.5. The van der Waals surface area contributed by atoms with Crippen molar-refractivity contribution < 1.29 is 14.3 Å². The Balaban J connectivity index is 0.00000272. The summed E-state index contributed by atoms with van der Waals surface area (Å²) >= 11 is 0. The van der Waals surface area contributed by atoms with E-state index in [4.69, 9.17) is 9.47 Å². The molecule has 1 fully saturated rings. The van der Waals surface area contributed by atoms with Gasteiger partial charge in [0, 0.05) is 18.0 Å². The van der Waals surface area contributed by atoms with Gasteiger partial charge in [0.2, 0.25) is 0 Å². The van der Waals surface area contributed by atoms with Gasteiger partial charge in [0.05, 0.1) is 13.2 Å². The lowest BCUT2D eigenvalue weighted by Crippen LogP contribution is -2.34. The molecule has 4 rings (SSSR count). The van der Waals surface area contributed by atoms with Gasteiger partial charge in [-0.05, 0) is 81.8 Å². The van der Waals surface area contributed by atoms with Gasteiger partial charge in [-0.2, -0.15) is 0 Å². The lowest BCUT2D eigenvalue weighted by molar-refractivity contribution is 0.0895. The molecule has 31 heavy (non-hydrogen) atoms. The van der Waals surface area contributed by atoms with E-state index in [-0.39, 0.29) is 30.2 Å². The van der Waals surface area contributed by atoms with Crippen LogP contribution in [0.1, 0.15) is 54.6 Å². The number of hydrogen-bond acceptors (Lipinski definition) is 4. The number of rotatable bonds is 7. The number of piperidine rings is 1. The zero-order valence-electron chi connectivity index (χ0n) is 18.8. The SMILES string of the molecule is COc1cc2c(cc1OC(C)C)C(=O)C(CC1CCN(Cc3ccccc3)CC1)C2.Cl. The predicted molar refractivity (Wildman–Crippen MR) is 127 cm³/mol. The van der Waals surface area contributed by atoms with Crippen LogP contribution >= 0.6 is 12.4 Å². The van der Waals surface area contributed by atoms with Crippen molar-refractivity contribution in [2.24, 2.45) is 11.8 Å². The van der Waals surface area contributed by atoms with Crippen LogP contribution < -0.4 is 9.47 Å². The Morgan fingerprint density at radius 3 is 2.42 bits per heavy atom. The number of Topliss-reactive ketones (excluding diaryl/α,β-unsaturated/α-hetero) is 1. The summed E-state index contributed by atoms with van der Waals surface area (Å²) in [4.78, 5) is 15.6. The number of halogens is 1. The number of fused-ring (bicyclic) bond motifs is 1. The second-order valence-corrected chi connectivity index (χ2v) is 9.03. The highest BCUT2D eigenvalue weighted by molar-refractivity contribution is 6.02. The number of benzene rings is 2. The summed E-state index contributed by atoms with van der Waals surface area (Å²) in [5.41, 5.74) is 3.32. The lowest BCUT2D eigenvalue weighted by atomic mass is 9.85. The number of carbonyl (C=O) groups is 1. The first-order valence-corrected chi connectivity index (χ1v) is 11.2. The van der Waals surface area contributed by atoms with Gasteiger partial charge >= 0.3 is 0 Å². The minimum absolute atomic E-state index is 0. The molecule has 1 aliphatic carbocycles. The number of ether oxygens (including phenoxy) is 2. The number of ketones is 1. The fraction of sp³-hybridized carbons (Fsp3) is 0.500.